The van der Waals surface area contributed by atoms with Gasteiger partial charge in [0.1, 0.15) is 7.05 Å². The third-order valence-corrected chi connectivity index (χ3v) is 5.26. The molecule has 0 aromatic carbocycles. The van der Waals surface area contributed by atoms with Crippen molar-refractivity contribution in [3.05, 3.63) is 24.4 Å². The van der Waals surface area contributed by atoms with Gasteiger partial charge in [0.25, 0.3) is 0 Å². The first-order valence-electron chi connectivity index (χ1n) is 11.4. The molecule has 0 unspecified atom stereocenters. The number of aromatic nitrogens is 1. The normalized spacial score (nSPS) is 10.6. The summed E-state index contributed by atoms with van der Waals surface area (Å²) in [6, 6.07) is 6.09. The van der Waals surface area contributed by atoms with E-state index in [1.165, 1.54) is 103 Å². The van der Waals surface area contributed by atoms with Crippen molar-refractivity contribution in [2.24, 2.45) is 7.05 Å². The molecule has 0 fully saturated rings. The Morgan fingerprint density at radius 1 is 0.667 bits per heavy atom. The molecule has 0 saturated carbocycles. The molecule has 2 nitrogen and oxygen atoms in total. The van der Waals surface area contributed by atoms with Gasteiger partial charge in [-0.05, 0) is 12.5 Å². The molecular formula is C24H44ClNO. The Labute approximate surface area is 175 Å². The van der Waals surface area contributed by atoms with E-state index in [-0.39, 0.29) is 12.4 Å². The fourth-order valence-electron chi connectivity index (χ4n) is 3.48. The number of hydrogen-bond donors (Lipinski definition) is 0. The first kappa shape index (κ1) is 26.2. The maximum atomic E-state index is 5.82. The van der Waals surface area contributed by atoms with E-state index in [1.54, 1.807) is 0 Å². The smallest absolute Gasteiger partial charge is 0.367 e. The van der Waals surface area contributed by atoms with Crippen LogP contribution in [-0.2, 0) is 7.05 Å². The second kappa shape index (κ2) is 20.0. The molecule has 1 rings (SSSR count). The summed E-state index contributed by atoms with van der Waals surface area (Å²) in [5.41, 5.74) is 0. The summed E-state index contributed by atoms with van der Waals surface area (Å²) < 4.78 is 7.85. The van der Waals surface area contributed by atoms with Gasteiger partial charge in [-0.25, -0.2) is 0 Å². The molecule has 1 aromatic rings. The van der Waals surface area contributed by atoms with E-state index in [9.17, 15) is 0 Å². The molecule has 0 aliphatic carbocycles. The van der Waals surface area contributed by atoms with Crippen LogP contribution in [0.15, 0.2) is 24.4 Å². The van der Waals surface area contributed by atoms with Crippen LogP contribution in [0.25, 0.3) is 0 Å². The third kappa shape index (κ3) is 15.9. The molecule has 0 aliphatic heterocycles. The van der Waals surface area contributed by atoms with Gasteiger partial charge >= 0.3 is 5.88 Å². The van der Waals surface area contributed by atoms with Gasteiger partial charge in [-0.15, -0.1) is 0 Å². The quantitative estimate of drug-likeness (QED) is 0.268. The fourth-order valence-corrected chi connectivity index (χ4v) is 3.48. The lowest BCUT2D eigenvalue weighted by atomic mass is 10.0. The molecule has 0 radical (unpaired) electrons. The minimum Gasteiger partial charge on any atom is -1.00 e. The van der Waals surface area contributed by atoms with Crippen molar-refractivity contribution in [1.29, 1.82) is 0 Å². The van der Waals surface area contributed by atoms with Gasteiger partial charge in [-0.3, -0.25) is 0 Å². The number of halogens is 1. The Morgan fingerprint density at radius 3 is 1.56 bits per heavy atom. The zero-order valence-electron chi connectivity index (χ0n) is 18.1. The molecule has 0 bridgehead atoms. The molecule has 1 aromatic heterocycles. The van der Waals surface area contributed by atoms with Gasteiger partial charge in [-0.1, -0.05) is 103 Å². The molecule has 158 valence electrons. The monoisotopic (exact) mass is 397 g/mol. The van der Waals surface area contributed by atoms with Crippen LogP contribution in [0.5, 0.6) is 5.88 Å². The van der Waals surface area contributed by atoms with Crippen molar-refractivity contribution in [3.8, 4) is 5.88 Å². The van der Waals surface area contributed by atoms with E-state index >= 15 is 0 Å². The zero-order chi connectivity index (χ0) is 18.7. The lowest BCUT2D eigenvalue weighted by Crippen LogP contribution is -3.00. The Morgan fingerprint density at radius 2 is 1.11 bits per heavy atom. The van der Waals surface area contributed by atoms with Crippen LogP contribution in [0, 0.1) is 0 Å². The Balaban J connectivity index is 0.00000676. The van der Waals surface area contributed by atoms with Crippen molar-refractivity contribution < 1.29 is 21.7 Å². The van der Waals surface area contributed by atoms with Crippen LogP contribution in [0.1, 0.15) is 110 Å². The summed E-state index contributed by atoms with van der Waals surface area (Å²) >= 11 is 0. The highest BCUT2D eigenvalue weighted by atomic mass is 35.5. The average molecular weight is 398 g/mol. The molecule has 1 heterocycles. The summed E-state index contributed by atoms with van der Waals surface area (Å²) in [6.07, 6.45) is 24.6. The van der Waals surface area contributed by atoms with Crippen LogP contribution >= 0.6 is 0 Å². The molecule has 0 aliphatic rings. The number of rotatable bonds is 18. The minimum atomic E-state index is 0. The SMILES string of the molecule is CCCCCCCCCCCCCCCCCCOc1cccc[n+]1C.[Cl-]. The van der Waals surface area contributed by atoms with E-state index in [4.69, 9.17) is 4.74 Å². The lowest BCUT2D eigenvalue weighted by Gasteiger charge is -2.04. The summed E-state index contributed by atoms with van der Waals surface area (Å²) in [4.78, 5) is 0. The average Bonchev–Trinajstić information content (AvgIpc) is 2.65. The predicted molar refractivity (Wildman–Crippen MR) is 113 cm³/mol. The van der Waals surface area contributed by atoms with Gasteiger partial charge in [-0.2, -0.15) is 4.57 Å². The highest BCUT2D eigenvalue weighted by molar-refractivity contribution is 5.02. The summed E-state index contributed by atoms with van der Waals surface area (Å²) in [5.74, 6) is 0.966. The largest absolute Gasteiger partial charge is 1.00 e. The fraction of sp³-hybridized carbons (Fsp3) is 0.792. The molecule has 0 N–H and O–H groups in total. The van der Waals surface area contributed by atoms with Crippen LogP contribution < -0.4 is 21.7 Å². The van der Waals surface area contributed by atoms with E-state index < -0.39 is 0 Å². The zero-order valence-corrected chi connectivity index (χ0v) is 18.8. The number of nitrogens with zero attached hydrogens (tertiary/aromatic N) is 1. The minimum absolute atomic E-state index is 0. The van der Waals surface area contributed by atoms with Crippen LogP contribution in [0.3, 0.4) is 0 Å². The molecule has 27 heavy (non-hydrogen) atoms. The van der Waals surface area contributed by atoms with Crippen molar-refractivity contribution >= 4 is 0 Å². The molecule has 3 heteroatoms. The van der Waals surface area contributed by atoms with Crippen LogP contribution in [0.2, 0.25) is 0 Å². The number of aryl methyl sites for hydroxylation is 1. The Hall–Kier alpha value is -0.760. The maximum Gasteiger partial charge on any atom is 0.367 e. The number of pyridine rings is 1. The Bertz CT molecular complexity index is 425. The second-order valence-electron chi connectivity index (χ2n) is 7.80. The van der Waals surface area contributed by atoms with E-state index in [1.807, 2.05) is 36.0 Å². The van der Waals surface area contributed by atoms with Crippen LogP contribution in [-0.4, -0.2) is 6.61 Å². The standard InChI is InChI=1S/C24H44NO.ClH/c1-3-4-5-6-7-8-9-10-11-12-13-14-15-16-17-20-23-26-24-21-18-19-22-25(24)2;/h18-19,21-22H,3-17,20,23H2,1-2H3;1H/q+1;/p-1. The Kier molecular flexibility index (Phi) is 19.4. The van der Waals surface area contributed by atoms with E-state index in [0.717, 1.165) is 12.5 Å². The van der Waals surface area contributed by atoms with Gasteiger partial charge in [0, 0.05) is 6.07 Å². The van der Waals surface area contributed by atoms with Crippen molar-refractivity contribution in [1.82, 2.24) is 0 Å². The van der Waals surface area contributed by atoms with Crippen LogP contribution in [0.4, 0.5) is 0 Å². The van der Waals surface area contributed by atoms with Gasteiger partial charge in [0.2, 0.25) is 0 Å². The highest BCUT2D eigenvalue weighted by Gasteiger charge is 2.04. The molecule has 0 saturated heterocycles. The van der Waals surface area contributed by atoms with Crippen molar-refractivity contribution in [3.63, 3.8) is 0 Å². The molecule has 0 spiro atoms. The first-order valence-corrected chi connectivity index (χ1v) is 11.4. The topological polar surface area (TPSA) is 13.1 Å². The molecule has 0 amide bonds. The van der Waals surface area contributed by atoms with Crippen molar-refractivity contribution in [2.75, 3.05) is 6.61 Å². The van der Waals surface area contributed by atoms with E-state index in [2.05, 4.69) is 6.92 Å². The van der Waals surface area contributed by atoms with Crippen molar-refractivity contribution in [2.45, 2.75) is 110 Å². The van der Waals surface area contributed by atoms with E-state index in [0.29, 0.717) is 0 Å². The number of unbranched alkanes of at least 4 members (excludes halogenated alkanes) is 15. The summed E-state index contributed by atoms with van der Waals surface area (Å²) in [7, 11) is 2.03. The molecule has 0 atom stereocenters. The lowest BCUT2D eigenvalue weighted by molar-refractivity contribution is -0.677. The van der Waals surface area contributed by atoms with Gasteiger partial charge in [0.15, 0.2) is 6.20 Å². The number of ether oxygens (including phenoxy) is 1. The maximum absolute atomic E-state index is 5.82. The highest BCUT2D eigenvalue weighted by Crippen LogP contribution is 2.13. The third-order valence-electron chi connectivity index (χ3n) is 5.26. The summed E-state index contributed by atoms with van der Waals surface area (Å²) in [6.45, 7) is 3.14. The predicted octanol–water partition coefficient (Wildman–Crippen LogP) is 4.16. The number of hydrogen-bond acceptors (Lipinski definition) is 1. The van der Waals surface area contributed by atoms with Gasteiger partial charge < -0.3 is 17.1 Å². The second-order valence-corrected chi connectivity index (χ2v) is 7.80. The first-order chi connectivity index (χ1) is 12.8. The molecular weight excluding hydrogens is 354 g/mol. The van der Waals surface area contributed by atoms with Gasteiger partial charge in [0.05, 0.1) is 12.7 Å². The summed E-state index contributed by atoms with van der Waals surface area (Å²) in [5, 5.41) is 0.